The third kappa shape index (κ3) is 6.30. The van der Waals surface area contributed by atoms with Gasteiger partial charge in [0, 0.05) is 16.9 Å². The van der Waals surface area contributed by atoms with Crippen LogP contribution in [0.15, 0.2) is 108 Å². The second-order valence-corrected chi connectivity index (χ2v) is 9.92. The number of nitrogens with zero attached hydrogens (tertiary/aromatic N) is 3. The Kier molecular flexibility index (Phi) is 7.85. The number of aromatic nitrogens is 3. The van der Waals surface area contributed by atoms with Crippen molar-refractivity contribution in [3.05, 3.63) is 120 Å². The fraction of sp³-hybridized carbons (Fsp3) is 0.129. The van der Waals surface area contributed by atoms with Crippen molar-refractivity contribution in [2.24, 2.45) is 0 Å². The molecule has 1 heterocycles. The average Bonchev–Trinajstić information content (AvgIpc) is 3.36. The zero-order valence-corrected chi connectivity index (χ0v) is 22.1. The van der Waals surface area contributed by atoms with Crippen LogP contribution in [-0.2, 0) is 11.4 Å². The van der Waals surface area contributed by atoms with Crippen molar-refractivity contribution in [3.63, 3.8) is 0 Å². The molecular formula is C31H28N4O2S. The van der Waals surface area contributed by atoms with Gasteiger partial charge in [0.15, 0.2) is 11.0 Å². The zero-order valence-electron chi connectivity index (χ0n) is 21.3. The van der Waals surface area contributed by atoms with Gasteiger partial charge < -0.3 is 10.1 Å². The molecule has 0 unspecified atom stereocenters. The fourth-order valence-electron chi connectivity index (χ4n) is 3.96. The molecule has 5 aromatic rings. The molecule has 0 atom stereocenters. The maximum absolute atomic E-state index is 12.8. The summed E-state index contributed by atoms with van der Waals surface area (Å²) in [5, 5.41) is 12.5. The second kappa shape index (κ2) is 11.8. The highest BCUT2D eigenvalue weighted by atomic mass is 32.2. The molecule has 0 spiro atoms. The van der Waals surface area contributed by atoms with Gasteiger partial charge in [-0.25, -0.2) is 0 Å². The number of anilines is 1. The van der Waals surface area contributed by atoms with Gasteiger partial charge in [-0.15, -0.1) is 10.2 Å². The van der Waals surface area contributed by atoms with Crippen LogP contribution < -0.4 is 10.1 Å². The molecule has 0 saturated heterocycles. The van der Waals surface area contributed by atoms with E-state index in [-0.39, 0.29) is 11.7 Å². The average molecular weight is 521 g/mol. The van der Waals surface area contributed by atoms with Crippen LogP contribution in [0.5, 0.6) is 5.75 Å². The lowest BCUT2D eigenvalue weighted by molar-refractivity contribution is -0.113. The van der Waals surface area contributed by atoms with E-state index in [1.165, 1.54) is 17.3 Å². The summed E-state index contributed by atoms with van der Waals surface area (Å²) in [6, 6.07) is 33.8. The zero-order chi connectivity index (χ0) is 26.3. The van der Waals surface area contributed by atoms with Gasteiger partial charge in [0.1, 0.15) is 12.4 Å². The molecule has 0 saturated carbocycles. The first-order valence-electron chi connectivity index (χ1n) is 12.3. The molecule has 0 aliphatic heterocycles. The molecule has 190 valence electrons. The minimum Gasteiger partial charge on any atom is -0.489 e. The number of nitrogens with one attached hydrogen (secondary N) is 1. The second-order valence-electron chi connectivity index (χ2n) is 8.98. The minimum absolute atomic E-state index is 0.122. The van der Waals surface area contributed by atoms with Crippen molar-refractivity contribution in [1.29, 1.82) is 0 Å². The lowest BCUT2D eigenvalue weighted by atomic mass is 10.1. The van der Waals surface area contributed by atoms with Gasteiger partial charge in [0.2, 0.25) is 5.91 Å². The number of carbonyl (C=O) groups is 1. The Morgan fingerprint density at radius 2 is 1.61 bits per heavy atom. The van der Waals surface area contributed by atoms with E-state index in [0.29, 0.717) is 17.5 Å². The first kappa shape index (κ1) is 25.3. The van der Waals surface area contributed by atoms with E-state index in [4.69, 9.17) is 4.74 Å². The van der Waals surface area contributed by atoms with Gasteiger partial charge >= 0.3 is 0 Å². The molecule has 0 aliphatic rings. The molecule has 7 heteroatoms. The van der Waals surface area contributed by atoms with Crippen LogP contribution in [-0.4, -0.2) is 26.4 Å². The van der Waals surface area contributed by atoms with Crippen LogP contribution in [0.4, 0.5) is 5.69 Å². The van der Waals surface area contributed by atoms with Crippen LogP contribution >= 0.6 is 11.8 Å². The van der Waals surface area contributed by atoms with Crippen LogP contribution in [0, 0.1) is 13.8 Å². The van der Waals surface area contributed by atoms with Crippen LogP contribution in [0.1, 0.15) is 16.7 Å². The van der Waals surface area contributed by atoms with Gasteiger partial charge in [-0.1, -0.05) is 83.6 Å². The molecule has 0 fully saturated rings. The lowest BCUT2D eigenvalue weighted by Gasteiger charge is -2.11. The quantitative estimate of drug-likeness (QED) is 0.215. The standard InChI is InChI=1S/C31H28N4O2S/c1-22-11-15-27(16-12-22)35-30(25-10-6-7-23(2)19-25)33-34-31(35)38-21-29(36)32-26-13-17-28(18-14-26)37-20-24-8-4-3-5-9-24/h3-19H,20-21H2,1-2H3,(H,32,36). The Bertz CT molecular complexity index is 1510. The summed E-state index contributed by atoms with van der Waals surface area (Å²) < 4.78 is 7.84. The molecule has 0 bridgehead atoms. The number of carbonyl (C=O) groups excluding carboxylic acids is 1. The first-order chi connectivity index (χ1) is 18.5. The molecule has 5 rings (SSSR count). The lowest BCUT2D eigenvalue weighted by Crippen LogP contribution is -2.14. The smallest absolute Gasteiger partial charge is 0.234 e. The highest BCUT2D eigenvalue weighted by Gasteiger charge is 2.17. The predicted molar refractivity (Wildman–Crippen MR) is 153 cm³/mol. The van der Waals surface area contributed by atoms with Gasteiger partial charge in [-0.3, -0.25) is 9.36 Å². The van der Waals surface area contributed by atoms with E-state index in [2.05, 4.69) is 53.6 Å². The SMILES string of the molecule is Cc1ccc(-n2c(SCC(=O)Nc3ccc(OCc4ccccc4)cc3)nnc2-c2cccc(C)c2)cc1. The Morgan fingerprint density at radius 1 is 0.842 bits per heavy atom. The monoisotopic (exact) mass is 520 g/mol. The Balaban J connectivity index is 1.25. The summed E-state index contributed by atoms with van der Waals surface area (Å²) in [6.45, 7) is 4.60. The fourth-order valence-corrected chi connectivity index (χ4v) is 4.72. The molecule has 6 nitrogen and oxygen atoms in total. The Hall–Kier alpha value is -4.36. The molecule has 1 N–H and O–H groups in total. The number of aryl methyl sites for hydroxylation is 2. The highest BCUT2D eigenvalue weighted by Crippen LogP contribution is 2.29. The molecule has 1 aromatic heterocycles. The number of amides is 1. The van der Waals surface area contributed by atoms with Crippen LogP contribution in [0.3, 0.4) is 0 Å². The van der Waals surface area contributed by atoms with Gasteiger partial charge in [-0.2, -0.15) is 0 Å². The Morgan fingerprint density at radius 3 is 2.34 bits per heavy atom. The largest absolute Gasteiger partial charge is 0.489 e. The van der Waals surface area contributed by atoms with E-state index in [1.807, 2.05) is 83.4 Å². The van der Waals surface area contributed by atoms with Crippen molar-refractivity contribution in [2.45, 2.75) is 25.6 Å². The molecular weight excluding hydrogens is 492 g/mol. The highest BCUT2D eigenvalue weighted by molar-refractivity contribution is 7.99. The van der Waals surface area contributed by atoms with E-state index >= 15 is 0 Å². The van der Waals surface area contributed by atoms with E-state index in [0.717, 1.165) is 34.0 Å². The minimum atomic E-state index is -0.122. The summed E-state index contributed by atoms with van der Waals surface area (Å²) in [7, 11) is 0. The number of thioether (sulfide) groups is 1. The van der Waals surface area contributed by atoms with Gasteiger partial charge in [0.25, 0.3) is 0 Å². The summed E-state index contributed by atoms with van der Waals surface area (Å²) in [5.41, 5.74) is 6.05. The summed E-state index contributed by atoms with van der Waals surface area (Å²) in [5.74, 6) is 1.57. The maximum atomic E-state index is 12.8. The third-order valence-corrected chi connectivity index (χ3v) is 6.85. The molecule has 0 radical (unpaired) electrons. The predicted octanol–water partition coefficient (Wildman–Crippen LogP) is 6.86. The normalized spacial score (nSPS) is 10.8. The number of rotatable bonds is 9. The Labute approximate surface area is 226 Å². The van der Waals surface area contributed by atoms with E-state index in [9.17, 15) is 4.79 Å². The molecule has 0 aliphatic carbocycles. The number of hydrogen-bond acceptors (Lipinski definition) is 5. The third-order valence-electron chi connectivity index (χ3n) is 5.92. The van der Waals surface area contributed by atoms with Crippen molar-refractivity contribution in [2.75, 3.05) is 11.1 Å². The number of benzene rings is 4. The molecule has 38 heavy (non-hydrogen) atoms. The topological polar surface area (TPSA) is 69.0 Å². The van der Waals surface area contributed by atoms with Crippen molar-refractivity contribution in [1.82, 2.24) is 14.8 Å². The maximum Gasteiger partial charge on any atom is 0.234 e. The van der Waals surface area contributed by atoms with Gasteiger partial charge in [-0.05, 0) is 61.9 Å². The summed E-state index contributed by atoms with van der Waals surface area (Å²) >= 11 is 1.35. The summed E-state index contributed by atoms with van der Waals surface area (Å²) in [6.07, 6.45) is 0. The van der Waals surface area contributed by atoms with Gasteiger partial charge in [0.05, 0.1) is 5.75 Å². The van der Waals surface area contributed by atoms with Crippen molar-refractivity contribution >= 4 is 23.4 Å². The van der Waals surface area contributed by atoms with E-state index in [1.54, 1.807) is 0 Å². The molecule has 1 amide bonds. The number of hydrogen-bond donors (Lipinski definition) is 1. The van der Waals surface area contributed by atoms with Crippen molar-refractivity contribution in [3.8, 4) is 22.8 Å². The van der Waals surface area contributed by atoms with E-state index < -0.39 is 0 Å². The van der Waals surface area contributed by atoms with Crippen molar-refractivity contribution < 1.29 is 9.53 Å². The van der Waals surface area contributed by atoms with Crippen LogP contribution in [0.25, 0.3) is 17.1 Å². The number of ether oxygens (including phenoxy) is 1. The molecule has 4 aromatic carbocycles. The first-order valence-corrected chi connectivity index (χ1v) is 13.3. The van der Waals surface area contributed by atoms with Crippen LogP contribution in [0.2, 0.25) is 0 Å². The summed E-state index contributed by atoms with van der Waals surface area (Å²) in [4.78, 5) is 12.8.